The molecule has 0 aliphatic heterocycles. The molecule has 0 aliphatic rings. The van der Waals surface area contributed by atoms with Gasteiger partial charge in [0, 0.05) is 12.7 Å². The highest BCUT2D eigenvalue weighted by Gasteiger charge is 2.12. The molecule has 0 saturated carbocycles. The van der Waals surface area contributed by atoms with Gasteiger partial charge >= 0.3 is 0 Å². The van der Waals surface area contributed by atoms with Crippen LogP contribution >= 0.6 is 15.9 Å². The van der Waals surface area contributed by atoms with Crippen molar-refractivity contribution in [2.24, 2.45) is 5.92 Å². The van der Waals surface area contributed by atoms with Crippen molar-refractivity contribution in [3.8, 4) is 0 Å². The van der Waals surface area contributed by atoms with Gasteiger partial charge in [0.2, 0.25) is 0 Å². The first-order chi connectivity index (χ1) is 8.99. The number of fused-ring (bicyclic) bond motifs is 1. The highest BCUT2D eigenvalue weighted by Crippen LogP contribution is 2.17. The van der Waals surface area contributed by atoms with Crippen molar-refractivity contribution in [2.45, 2.75) is 20.0 Å². The molecule has 5 nitrogen and oxygen atoms in total. The fourth-order valence-corrected chi connectivity index (χ4v) is 2.03. The number of rotatable bonds is 4. The van der Waals surface area contributed by atoms with Crippen molar-refractivity contribution < 1.29 is 9.90 Å². The molecule has 2 heterocycles. The molecule has 0 bridgehead atoms. The van der Waals surface area contributed by atoms with Crippen LogP contribution in [-0.4, -0.2) is 33.3 Å². The van der Waals surface area contributed by atoms with E-state index in [1.807, 2.05) is 19.9 Å². The molecule has 19 heavy (non-hydrogen) atoms. The molecular weight excluding hydrogens is 310 g/mol. The number of halogens is 1. The highest BCUT2D eigenvalue weighted by atomic mass is 79.9. The van der Waals surface area contributed by atoms with Gasteiger partial charge in [0.05, 0.1) is 27.9 Å². The van der Waals surface area contributed by atoms with E-state index in [1.54, 1.807) is 23.0 Å². The van der Waals surface area contributed by atoms with E-state index in [4.69, 9.17) is 0 Å². The van der Waals surface area contributed by atoms with Crippen LogP contribution in [0.3, 0.4) is 0 Å². The van der Waals surface area contributed by atoms with Crippen LogP contribution in [0, 0.1) is 5.92 Å². The zero-order valence-electron chi connectivity index (χ0n) is 10.8. The highest BCUT2D eigenvalue weighted by molar-refractivity contribution is 9.10. The van der Waals surface area contributed by atoms with Gasteiger partial charge in [0.15, 0.2) is 0 Å². The maximum absolute atomic E-state index is 11.9. The van der Waals surface area contributed by atoms with Crippen molar-refractivity contribution in [1.82, 2.24) is 14.9 Å². The number of carbonyl (C=O) groups is 1. The number of aromatic nitrogens is 2. The van der Waals surface area contributed by atoms with E-state index in [0.717, 1.165) is 9.99 Å². The summed E-state index contributed by atoms with van der Waals surface area (Å²) >= 11 is 3.38. The second-order valence-electron chi connectivity index (χ2n) is 4.76. The number of hydrogen-bond acceptors (Lipinski definition) is 3. The van der Waals surface area contributed by atoms with Crippen LogP contribution in [-0.2, 0) is 0 Å². The van der Waals surface area contributed by atoms with Crippen LogP contribution in [0.4, 0.5) is 0 Å². The molecule has 2 N–H and O–H groups in total. The summed E-state index contributed by atoms with van der Waals surface area (Å²) in [5.74, 6) is -0.0990. The Kier molecular flexibility index (Phi) is 4.21. The van der Waals surface area contributed by atoms with Crippen molar-refractivity contribution in [2.75, 3.05) is 6.54 Å². The van der Waals surface area contributed by atoms with Gasteiger partial charge in [-0.3, -0.25) is 4.79 Å². The number of nitrogens with zero attached hydrogens (tertiary/aromatic N) is 2. The molecule has 0 fully saturated rings. The molecule has 6 heteroatoms. The standard InChI is InChI=1S/C13H16BrN3O2/c1-8(2)12(18)6-15-13(19)9-3-4-11-10(14)5-16-17(11)7-9/h3-5,7-8,12,18H,6H2,1-2H3,(H,15,19). The molecule has 102 valence electrons. The van der Waals surface area contributed by atoms with E-state index >= 15 is 0 Å². The fourth-order valence-electron chi connectivity index (χ4n) is 1.62. The van der Waals surface area contributed by atoms with Crippen molar-refractivity contribution in [1.29, 1.82) is 0 Å². The van der Waals surface area contributed by atoms with Gasteiger partial charge in [-0.1, -0.05) is 13.8 Å². The van der Waals surface area contributed by atoms with Crippen molar-refractivity contribution >= 4 is 27.4 Å². The second kappa shape index (κ2) is 5.71. The molecule has 1 unspecified atom stereocenters. The molecule has 1 amide bonds. The average molecular weight is 326 g/mol. The molecular formula is C13H16BrN3O2. The Bertz CT molecular complexity index is 595. The Balaban J connectivity index is 2.09. The van der Waals surface area contributed by atoms with Crippen LogP contribution in [0.5, 0.6) is 0 Å². The number of amides is 1. The molecule has 0 saturated heterocycles. The molecule has 2 aromatic heterocycles. The predicted octanol–water partition coefficient (Wildman–Crippen LogP) is 1.84. The topological polar surface area (TPSA) is 66.6 Å². The fraction of sp³-hybridized carbons (Fsp3) is 0.385. The molecule has 0 aromatic carbocycles. The van der Waals surface area contributed by atoms with Gasteiger partial charge in [-0.2, -0.15) is 5.10 Å². The first-order valence-corrected chi connectivity index (χ1v) is 6.87. The van der Waals surface area contributed by atoms with E-state index in [0.29, 0.717) is 5.56 Å². The van der Waals surface area contributed by atoms with Crippen molar-refractivity contribution in [3.05, 3.63) is 34.6 Å². The lowest BCUT2D eigenvalue weighted by Gasteiger charge is -2.15. The van der Waals surface area contributed by atoms with Crippen LogP contribution in [0.1, 0.15) is 24.2 Å². The number of aliphatic hydroxyl groups excluding tert-OH is 1. The predicted molar refractivity (Wildman–Crippen MR) is 76.1 cm³/mol. The van der Waals surface area contributed by atoms with Gasteiger partial charge in [-0.15, -0.1) is 0 Å². The van der Waals surface area contributed by atoms with E-state index in [2.05, 4.69) is 26.3 Å². The van der Waals surface area contributed by atoms with E-state index < -0.39 is 6.10 Å². The number of pyridine rings is 1. The summed E-state index contributed by atoms with van der Waals surface area (Å²) < 4.78 is 2.52. The smallest absolute Gasteiger partial charge is 0.252 e. The minimum Gasteiger partial charge on any atom is -0.391 e. The van der Waals surface area contributed by atoms with Gasteiger partial charge < -0.3 is 10.4 Å². The maximum atomic E-state index is 11.9. The first kappa shape index (κ1) is 14.0. The third-order valence-corrected chi connectivity index (χ3v) is 3.58. The summed E-state index contributed by atoms with van der Waals surface area (Å²) in [4.78, 5) is 11.9. The molecule has 1 atom stereocenters. The zero-order valence-corrected chi connectivity index (χ0v) is 12.4. The molecule has 2 rings (SSSR count). The van der Waals surface area contributed by atoms with Crippen LogP contribution in [0.15, 0.2) is 29.0 Å². The molecule has 2 aromatic rings. The Labute approximate surface area is 119 Å². The first-order valence-electron chi connectivity index (χ1n) is 6.08. The largest absolute Gasteiger partial charge is 0.391 e. The number of carbonyl (C=O) groups excluding carboxylic acids is 1. The van der Waals surface area contributed by atoms with Gasteiger partial charge in [0.25, 0.3) is 5.91 Å². The lowest BCUT2D eigenvalue weighted by Crippen LogP contribution is -2.34. The zero-order chi connectivity index (χ0) is 14.0. The van der Waals surface area contributed by atoms with Crippen LogP contribution < -0.4 is 5.32 Å². The van der Waals surface area contributed by atoms with Gasteiger partial charge in [0.1, 0.15) is 0 Å². The number of aliphatic hydroxyl groups is 1. The summed E-state index contributed by atoms with van der Waals surface area (Å²) in [6.45, 7) is 4.06. The summed E-state index contributed by atoms with van der Waals surface area (Å²) in [7, 11) is 0. The monoisotopic (exact) mass is 325 g/mol. The lowest BCUT2D eigenvalue weighted by atomic mass is 10.1. The Hall–Kier alpha value is -1.40. The Morgan fingerprint density at radius 1 is 1.53 bits per heavy atom. The Morgan fingerprint density at radius 2 is 2.26 bits per heavy atom. The molecule has 0 aliphatic carbocycles. The summed E-state index contributed by atoms with van der Waals surface area (Å²) in [6.07, 6.45) is 2.81. The summed E-state index contributed by atoms with van der Waals surface area (Å²) in [5, 5.41) is 16.5. The number of hydrogen-bond donors (Lipinski definition) is 2. The molecule has 0 spiro atoms. The summed E-state index contributed by atoms with van der Waals surface area (Å²) in [6, 6.07) is 3.56. The van der Waals surface area contributed by atoms with Crippen LogP contribution in [0.2, 0.25) is 0 Å². The quantitative estimate of drug-likeness (QED) is 0.901. The third-order valence-electron chi connectivity index (χ3n) is 2.97. The molecule has 0 radical (unpaired) electrons. The second-order valence-corrected chi connectivity index (χ2v) is 5.62. The van der Waals surface area contributed by atoms with Crippen molar-refractivity contribution in [3.63, 3.8) is 0 Å². The normalized spacial score (nSPS) is 12.9. The minimum atomic E-state index is -0.536. The van der Waals surface area contributed by atoms with Gasteiger partial charge in [-0.05, 0) is 34.0 Å². The average Bonchev–Trinajstić information content (AvgIpc) is 2.76. The third kappa shape index (κ3) is 3.13. The van der Waals surface area contributed by atoms with E-state index in [1.165, 1.54) is 0 Å². The van der Waals surface area contributed by atoms with E-state index in [9.17, 15) is 9.90 Å². The Morgan fingerprint density at radius 3 is 2.95 bits per heavy atom. The maximum Gasteiger partial charge on any atom is 0.252 e. The SMILES string of the molecule is CC(C)C(O)CNC(=O)c1ccc2c(Br)cnn2c1. The van der Waals surface area contributed by atoms with E-state index in [-0.39, 0.29) is 18.4 Å². The summed E-state index contributed by atoms with van der Waals surface area (Å²) in [5.41, 5.74) is 1.41. The number of nitrogens with one attached hydrogen (secondary N) is 1. The minimum absolute atomic E-state index is 0.116. The van der Waals surface area contributed by atoms with Gasteiger partial charge in [-0.25, -0.2) is 4.52 Å². The van der Waals surface area contributed by atoms with Crippen LogP contribution in [0.25, 0.3) is 5.52 Å². The lowest BCUT2D eigenvalue weighted by molar-refractivity contribution is 0.0871.